The van der Waals surface area contributed by atoms with Crippen LogP contribution in [0.2, 0.25) is 0 Å². The highest BCUT2D eigenvalue weighted by atomic mass is 16.3. The van der Waals surface area contributed by atoms with Crippen molar-refractivity contribution in [3.63, 3.8) is 0 Å². The van der Waals surface area contributed by atoms with Crippen molar-refractivity contribution in [2.75, 3.05) is 5.32 Å². The third-order valence-corrected chi connectivity index (χ3v) is 4.85. The van der Waals surface area contributed by atoms with Gasteiger partial charge in [-0.15, -0.1) is 5.10 Å². The summed E-state index contributed by atoms with van der Waals surface area (Å²) in [6.45, 7) is 7.65. The summed E-state index contributed by atoms with van der Waals surface area (Å²) in [5.41, 5.74) is 2.71. The van der Waals surface area contributed by atoms with Crippen LogP contribution in [0.1, 0.15) is 45.4 Å². The lowest BCUT2D eigenvalue weighted by Crippen LogP contribution is -2.19. The second-order valence-electron chi connectivity index (χ2n) is 8.63. The van der Waals surface area contributed by atoms with Crippen LogP contribution < -0.4 is 5.32 Å². The highest BCUT2D eigenvalue weighted by Crippen LogP contribution is 2.24. The van der Waals surface area contributed by atoms with Crippen molar-refractivity contribution in [2.45, 2.75) is 52.2 Å². The van der Waals surface area contributed by atoms with Crippen LogP contribution in [0.15, 0.2) is 36.9 Å². The predicted molar refractivity (Wildman–Crippen MR) is 120 cm³/mol. The van der Waals surface area contributed by atoms with Crippen LogP contribution in [0.3, 0.4) is 0 Å². The first kappa shape index (κ1) is 21.4. The molecule has 0 aliphatic heterocycles. The number of hydrogen-bond donors (Lipinski definition) is 2. The van der Waals surface area contributed by atoms with Crippen LogP contribution in [0.5, 0.6) is 0 Å². The first-order chi connectivity index (χ1) is 15.2. The Labute approximate surface area is 185 Å². The molecule has 32 heavy (non-hydrogen) atoms. The Hall–Kier alpha value is -3.84. The first-order valence-electron chi connectivity index (χ1n) is 10.4. The maximum atomic E-state index is 9.97. The Bertz CT molecular complexity index is 1290. The normalized spacial score (nSPS) is 11.8. The minimum absolute atomic E-state index is 0.174. The van der Waals surface area contributed by atoms with Gasteiger partial charge in [-0.05, 0) is 46.6 Å². The van der Waals surface area contributed by atoms with Gasteiger partial charge in [0, 0.05) is 23.7 Å². The van der Waals surface area contributed by atoms with Crippen LogP contribution in [0.25, 0.3) is 22.5 Å². The van der Waals surface area contributed by atoms with E-state index in [4.69, 9.17) is 5.26 Å². The summed E-state index contributed by atoms with van der Waals surface area (Å²) in [6, 6.07) is 5.90. The van der Waals surface area contributed by atoms with Crippen molar-refractivity contribution in [1.29, 1.82) is 5.26 Å². The molecule has 4 aromatic rings. The molecule has 0 saturated carbocycles. The van der Waals surface area contributed by atoms with E-state index in [-0.39, 0.29) is 6.04 Å². The van der Waals surface area contributed by atoms with Gasteiger partial charge < -0.3 is 10.4 Å². The van der Waals surface area contributed by atoms with Gasteiger partial charge in [-0.1, -0.05) is 5.21 Å². The Kier molecular flexibility index (Phi) is 5.59. The van der Waals surface area contributed by atoms with E-state index in [0.717, 1.165) is 22.5 Å². The fraction of sp³-hybridized carbons (Fsp3) is 0.364. The van der Waals surface area contributed by atoms with Crippen LogP contribution in [0.4, 0.5) is 5.69 Å². The lowest BCUT2D eigenvalue weighted by molar-refractivity contribution is 0.0711. The van der Waals surface area contributed by atoms with Crippen molar-refractivity contribution in [3.8, 4) is 17.6 Å². The molecule has 0 saturated heterocycles. The molecule has 0 bridgehead atoms. The van der Waals surface area contributed by atoms with Crippen molar-refractivity contribution in [2.24, 2.45) is 0 Å². The first-order valence-corrected chi connectivity index (χ1v) is 10.4. The molecule has 0 aliphatic rings. The minimum atomic E-state index is -0.758. The highest BCUT2D eigenvalue weighted by molar-refractivity contribution is 5.77. The average Bonchev–Trinajstić information content (AvgIpc) is 3.38. The van der Waals surface area contributed by atoms with Crippen LogP contribution in [-0.4, -0.2) is 51.5 Å². The third-order valence-electron chi connectivity index (χ3n) is 4.85. The Morgan fingerprint density at radius 3 is 2.72 bits per heavy atom. The number of aromatic nitrogens is 7. The molecular weight excluding hydrogens is 406 g/mol. The molecule has 10 heteroatoms. The molecule has 164 valence electrons. The fourth-order valence-corrected chi connectivity index (χ4v) is 3.28. The summed E-state index contributed by atoms with van der Waals surface area (Å²) in [5, 5.41) is 36.2. The zero-order valence-electron chi connectivity index (χ0n) is 18.5. The molecule has 10 nitrogen and oxygen atoms in total. The fourth-order valence-electron chi connectivity index (χ4n) is 3.28. The Morgan fingerprint density at radius 1 is 1.19 bits per heavy atom. The van der Waals surface area contributed by atoms with E-state index in [1.807, 2.05) is 26.1 Å². The number of pyridine rings is 2. The molecule has 4 heterocycles. The molecule has 0 aliphatic carbocycles. The van der Waals surface area contributed by atoms with E-state index < -0.39 is 5.60 Å². The van der Waals surface area contributed by atoms with Gasteiger partial charge in [-0.25, -0.2) is 14.6 Å². The van der Waals surface area contributed by atoms with Gasteiger partial charge in [0.15, 0.2) is 11.5 Å². The molecule has 0 spiro atoms. The number of rotatable bonds is 7. The SMILES string of the molecule is CC(C)Nc1cc(-n2ncc3cc(C#N)cnc32)ncc1-n1cc(CCC(C)(C)O)nn1. The van der Waals surface area contributed by atoms with Crippen LogP contribution in [-0.2, 0) is 6.42 Å². The molecule has 4 aromatic heterocycles. The lowest BCUT2D eigenvalue weighted by Gasteiger charge is -2.16. The van der Waals surface area contributed by atoms with Crippen molar-refractivity contribution in [1.82, 2.24) is 34.7 Å². The molecule has 2 N–H and O–H groups in total. The monoisotopic (exact) mass is 431 g/mol. The van der Waals surface area contributed by atoms with E-state index in [0.29, 0.717) is 29.9 Å². The van der Waals surface area contributed by atoms with Crippen molar-refractivity contribution in [3.05, 3.63) is 48.2 Å². The number of nitriles is 1. The van der Waals surface area contributed by atoms with Gasteiger partial charge in [0.2, 0.25) is 0 Å². The van der Waals surface area contributed by atoms with Gasteiger partial charge in [-0.2, -0.15) is 15.0 Å². The van der Waals surface area contributed by atoms with Gasteiger partial charge in [0.1, 0.15) is 11.8 Å². The summed E-state index contributed by atoms with van der Waals surface area (Å²) in [7, 11) is 0. The number of aryl methyl sites for hydroxylation is 1. The number of fused-ring (bicyclic) bond motifs is 1. The standard InChI is InChI=1S/C22H25N9O/c1-14(2)27-18-8-20(31-21-16(11-26-31)7-15(9-23)10-25-21)24-12-19(18)30-13-17(28-29-30)5-6-22(3,4)32/h7-8,10-14,32H,5-6H2,1-4H3,(H,24,27). The summed E-state index contributed by atoms with van der Waals surface area (Å²) in [6.07, 6.45) is 7.96. The molecule has 0 fully saturated rings. The van der Waals surface area contributed by atoms with Crippen molar-refractivity contribution < 1.29 is 5.11 Å². The van der Waals surface area contributed by atoms with Gasteiger partial charge in [-0.3, -0.25) is 0 Å². The molecule has 0 amide bonds. The number of hydrogen-bond acceptors (Lipinski definition) is 8. The quantitative estimate of drug-likeness (QED) is 0.457. The zero-order valence-corrected chi connectivity index (χ0v) is 18.5. The van der Waals surface area contributed by atoms with E-state index in [9.17, 15) is 5.11 Å². The van der Waals surface area contributed by atoms with Gasteiger partial charge in [0.05, 0.1) is 41.1 Å². The van der Waals surface area contributed by atoms with Gasteiger partial charge in [0.25, 0.3) is 0 Å². The molecule has 0 aromatic carbocycles. The van der Waals surface area contributed by atoms with Crippen molar-refractivity contribution >= 4 is 16.7 Å². The average molecular weight is 432 g/mol. The van der Waals surface area contributed by atoms with Crippen LogP contribution in [0, 0.1) is 11.3 Å². The maximum Gasteiger partial charge on any atom is 0.164 e. The summed E-state index contributed by atoms with van der Waals surface area (Å²) in [4.78, 5) is 8.95. The minimum Gasteiger partial charge on any atom is -0.390 e. The number of nitrogens with zero attached hydrogens (tertiary/aromatic N) is 8. The van der Waals surface area contributed by atoms with E-state index in [1.54, 1.807) is 41.7 Å². The second kappa shape index (κ2) is 8.36. The lowest BCUT2D eigenvalue weighted by atomic mass is 10.0. The summed E-state index contributed by atoms with van der Waals surface area (Å²) in [5.74, 6) is 0.589. The third kappa shape index (κ3) is 4.58. The zero-order chi connectivity index (χ0) is 22.9. The summed E-state index contributed by atoms with van der Waals surface area (Å²) < 4.78 is 3.32. The van der Waals surface area contributed by atoms with E-state index in [1.165, 1.54) is 6.20 Å². The summed E-state index contributed by atoms with van der Waals surface area (Å²) >= 11 is 0. The second-order valence-corrected chi connectivity index (χ2v) is 8.63. The topological polar surface area (TPSA) is 130 Å². The molecule has 0 radical (unpaired) electrons. The molecule has 4 rings (SSSR count). The van der Waals surface area contributed by atoms with E-state index in [2.05, 4.69) is 36.8 Å². The van der Waals surface area contributed by atoms with E-state index >= 15 is 0 Å². The highest BCUT2D eigenvalue weighted by Gasteiger charge is 2.16. The molecule has 0 unspecified atom stereocenters. The van der Waals surface area contributed by atoms with Gasteiger partial charge >= 0.3 is 0 Å². The molecule has 0 atom stereocenters. The largest absolute Gasteiger partial charge is 0.390 e. The number of nitrogens with one attached hydrogen (secondary N) is 1. The number of aliphatic hydroxyl groups is 1. The Balaban J connectivity index is 1.70. The van der Waals surface area contributed by atoms with Crippen LogP contribution >= 0.6 is 0 Å². The molecular formula is C22H25N9O. The number of anilines is 1. The smallest absolute Gasteiger partial charge is 0.164 e. The maximum absolute atomic E-state index is 9.97. The predicted octanol–water partition coefficient (Wildman–Crippen LogP) is 2.79. The Morgan fingerprint density at radius 2 is 2.00 bits per heavy atom.